The van der Waals surface area contributed by atoms with Crippen LogP contribution >= 0.6 is 11.6 Å². The maximum absolute atomic E-state index is 12.3. The molecule has 0 bridgehead atoms. The van der Waals surface area contributed by atoms with Crippen molar-refractivity contribution in [1.29, 1.82) is 0 Å². The van der Waals surface area contributed by atoms with Gasteiger partial charge in [0, 0.05) is 17.5 Å². The summed E-state index contributed by atoms with van der Waals surface area (Å²) < 4.78 is 5.32. The number of anilines is 1. The molecule has 3 aromatic rings. The van der Waals surface area contributed by atoms with Gasteiger partial charge < -0.3 is 9.84 Å². The Kier molecular flexibility index (Phi) is 4.41. The van der Waals surface area contributed by atoms with E-state index < -0.39 is 4.92 Å². The Morgan fingerprint density at radius 2 is 2.08 bits per heavy atom. The first-order chi connectivity index (χ1) is 11.8. The lowest BCUT2D eigenvalue weighted by molar-refractivity contribution is -0.384. The first kappa shape index (κ1) is 16.9. The molecule has 0 saturated heterocycles. The largest absolute Gasteiger partial charge is 0.356 e. The summed E-state index contributed by atoms with van der Waals surface area (Å²) in [5, 5.41) is 18.2. The van der Waals surface area contributed by atoms with Crippen LogP contribution in [0.2, 0.25) is 5.02 Å². The van der Waals surface area contributed by atoms with Crippen LogP contribution in [0.1, 0.15) is 16.8 Å². The summed E-state index contributed by atoms with van der Waals surface area (Å²) in [6.07, 6.45) is 0.00318. The summed E-state index contributed by atoms with van der Waals surface area (Å²) in [6, 6.07) is 7.76. The number of nitrogens with zero attached hydrogens (tertiary/aromatic N) is 2. The number of rotatable bonds is 4. The number of aromatic nitrogens is 1. The van der Waals surface area contributed by atoms with Crippen molar-refractivity contribution in [2.45, 2.75) is 20.3 Å². The van der Waals surface area contributed by atoms with Crippen molar-refractivity contribution in [2.75, 3.05) is 5.32 Å². The van der Waals surface area contributed by atoms with Crippen LogP contribution in [-0.4, -0.2) is 16.0 Å². The van der Waals surface area contributed by atoms with E-state index in [1.807, 2.05) is 26.0 Å². The molecule has 128 valence electrons. The molecule has 0 radical (unpaired) electrons. The Balaban J connectivity index is 1.81. The molecule has 7 nitrogen and oxygen atoms in total. The first-order valence-corrected chi connectivity index (χ1v) is 7.82. The summed E-state index contributed by atoms with van der Waals surface area (Å²) in [5.41, 5.74) is 3.34. The van der Waals surface area contributed by atoms with Crippen LogP contribution in [0, 0.1) is 24.0 Å². The van der Waals surface area contributed by atoms with Gasteiger partial charge in [-0.05, 0) is 37.1 Å². The number of non-ortho nitro benzene ring substituents is 1. The minimum absolute atomic E-state index is 0.00318. The smallest absolute Gasteiger partial charge is 0.271 e. The molecule has 0 aliphatic heterocycles. The van der Waals surface area contributed by atoms with Crippen molar-refractivity contribution in [3.05, 3.63) is 62.3 Å². The Labute approximate surface area is 147 Å². The van der Waals surface area contributed by atoms with E-state index in [2.05, 4.69) is 10.5 Å². The molecule has 0 atom stereocenters. The number of nitro benzene ring substituents is 1. The first-order valence-electron chi connectivity index (χ1n) is 7.44. The number of benzene rings is 2. The highest BCUT2D eigenvalue weighted by molar-refractivity contribution is 6.34. The van der Waals surface area contributed by atoms with Gasteiger partial charge in [0.15, 0.2) is 5.58 Å². The number of halogens is 1. The number of hydrogen-bond acceptors (Lipinski definition) is 5. The number of fused-ring (bicyclic) bond motifs is 1. The molecule has 1 amide bonds. The van der Waals surface area contributed by atoms with E-state index >= 15 is 0 Å². The van der Waals surface area contributed by atoms with Crippen LogP contribution in [0.5, 0.6) is 0 Å². The zero-order valence-electron chi connectivity index (χ0n) is 13.5. The molecule has 0 saturated carbocycles. The molecule has 1 N–H and O–H groups in total. The van der Waals surface area contributed by atoms with Gasteiger partial charge in [-0.3, -0.25) is 14.9 Å². The lowest BCUT2D eigenvalue weighted by atomic mass is 10.1. The monoisotopic (exact) mass is 359 g/mol. The third kappa shape index (κ3) is 3.46. The molecular weight excluding hydrogens is 346 g/mol. The van der Waals surface area contributed by atoms with Crippen LogP contribution in [-0.2, 0) is 11.2 Å². The molecule has 3 rings (SSSR count). The summed E-state index contributed by atoms with van der Waals surface area (Å²) >= 11 is 5.98. The minimum Gasteiger partial charge on any atom is -0.356 e. The van der Waals surface area contributed by atoms with Gasteiger partial charge >= 0.3 is 0 Å². The standard InChI is InChI=1S/C17H14ClN3O4/c1-9-5-10(2)17-12(6-9)15(20-25-17)8-16(22)19-14-4-3-11(21(23)24)7-13(14)18/h3-7H,8H2,1-2H3,(H,19,22). The van der Waals surface area contributed by atoms with Gasteiger partial charge in [-0.1, -0.05) is 22.8 Å². The third-order valence-corrected chi connectivity index (χ3v) is 4.06. The summed E-state index contributed by atoms with van der Waals surface area (Å²) in [5.74, 6) is -0.342. The Hall–Kier alpha value is -2.93. The average molecular weight is 360 g/mol. The fourth-order valence-electron chi connectivity index (χ4n) is 2.63. The maximum atomic E-state index is 12.3. The summed E-state index contributed by atoms with van der Waals surface area (Å²) in [7, 11) is 0. The van der Waals surface area contributed by atoms with Gasteiger partial charge in [0.05, 0.1) is 22.1 Å². The highest BCUT2D eigenvalue weighted by Crippen LogP contribution is 2.28. The van der Waals surface area contributed by atoms with Crippen LogP contribution < -0.4 is 5.32 Å². The Bertz CT molecular complexity index is 997. The van der Waals surface area contributed by atoms with Crippen molar-refractivity contribution in [2.24, 2.45) is 0 Å². The van der Waals surface area contributed by atoms with Crippen LogP contribution in [0.15, 0.2) is 34.9 Å². The number of hydrogen-bond donors (Lipinski definition) is 1. The van der Waals surface area contributed by atoms with Crippen LogP contribution in [0.3, 0.4) is 0 Å². The second-order valence-corrected chi connectivity index (χ2v) is 6.14. The van der Waals surface area contributed by atoms with E-state index in [0.29, 0.717) is 17.0 Å². The molecule has 1 heterocycles. The van der Waals surface area contributed by atoms with Crippen LogP contribution in [0.25, 0.3) is 11.0 Å². The summed E-state index contributed by atoms with van der Waals surface area (Å²) in [4.78, 5) is 22.4. The number of nitrogens with one attached hydrogen (secondary N) is 1. The van der Waals surface area contributed by atoms with Crippen molar-refractivity contribution < 1.29 is 14.2 Å². The van der Waals surface area contributed by atoms with Gasteiger partial charge in [0.25, 0.3) is 5.69 Å². The number of amides is 1. The zero-order valence-corrected chi connectivity index (χ0v) is 14.3. The van der Waals surface area contributed by atoms with Gasteiger partial charge in [0.2, 0.25) is 5.91 Å². The highest BCUT2D eigenvalue weighted by Gasteiger charge is 2.16. The zero-order chi connectivity index (χ0) is 18.1. The van der Waals surface area contributed by atoms with E-state index in [-0.39, 0.29) is 23.0 Å². The number of carbonyl (C=O) groups excluding carboxylic acids is 1. The Morgan fingerprint density at radius 3 is 2.76 bits per heavy atom. The average Bonchev–Trinajstić information content (AvgIpc) is 2.92. The second-order valence-electron chi connectivity index (χ2n) is 5.73. The quantitative estimate of drug-likeness (QED) is 0.556. The highest BCUT2D eigenvalue weighted by atomic mass is 35.5. The number of nitro groups is 1. The van der Waals surface area contributed by atoms with E-state index in [4.69, 9.17) is 16.1 Å². The van der Waals surface area contributed by atoms with E-state index in [9.17, 15) is 14.9 Å². The molecule has 8 heteroatoms. The summed E-state index contributed by atoms with van der Waals surface area (Å²) in [6.45, 7) is 3.88. The molecule has 0 fully saturated rings. The van der Waals surface area contributed by atoms with Gasteiger partial charge in [0.1, 0.15) is 5.69 Å². The molecule has 0 aliphatic carbocycles. The molecule has 25 heavy (non-hydrogen) atoms. The molecule has 2 aromatic carbocycles. The minimum atomic E-state index is -0.552. The van der Waals surface area contributed by atoms with Gasteiger partial charge in [-0.2, -0.15) is 0 Å². The topological polar surface area (TPSA) is 98.3 Å². The molecule has 0 spiro atoms. The van der Waals surface area contributed by atoms with E-state index in [1.165, 1.54) is 18.2 Å². The lowest BCUT2D eigenvalue weighted by Crippen LogP contribution is -2.15. The van der Waals surface area contributed by atoms with Gasteiger partial charge in [-0.25, -0.2) is 0 Å². The SMILES string of the molecule is Cc1cc(C)c2onc(CC(=O)Nc3ccc([N+](=O)[O-])cc3Cl)c2c1. The lowest BCUT2D eigenvalue weighted by Gasteiger charge is -2.06. The van der Waals surface area contributed by atoms with E-state index in [0.717, 1.165) is 16.5 Å². The van der Waals surface area contributed by atoms with Crippen molar-refractivity contribution >= 4 is 39.9 Å². The van der Waals surface area contributed by atoms with Crippen molar-refractivity contribution in [3.63, 3.8) is 0 Å². The second kappa shape index (κ2) is 6.52. The van der Waals surface area contributed by atoms with Crippen LogP contribution in [0.4, 0.5) is 11.4 Å². The van der Waals surface area contributed by atoms with E-state index in [1.54, 1.807) is 0 Å². The molecule has 1 aromatic heterocycles. The molecule has 0 aliphatic rings. The molecular formula is C17H14ClN3O4. The molecule has 0 unspecified atom stereocenters. The Morgan fingerprint density at radius 1 is 1.32 bits per heavy atom. The fourth-order valence-corrected chi connectivity index (χ4v) is 2.85. The maximum Gasteiger partial charge on any atom is 0.271 e. The predicted octanol–water partition coefficient (Wildman–Crippen LogP) is 4.19. The van der Waals surface area contributed by atoms with Crippen molar-refractivity contribution in [1.82, 2.24) is 5.16 Å². The normalized spacial score (nSPS) is 10.8. The third-order valence-electron chi connectivity index (χ3n) is 3.74. The fraction of sp³-hybridized carbons (Fsp3) is 0.176. The number of carbonyl (C=O) groups is 1. The predicted molar refractivity (Wildman–Crippen MR) is 93.9 cm³/mol. The van der Waals surface area contributed by atoms with Crippen molar-refractivity contribution in [3.8, 4) is 0 Å². The number of aryl methyl sites for hydroxylation is 2. The van der Waals surface area contributed by atoms with Gasteiger partial charge in [-0.15, -0.1) is 0 Å².